The second-order valence-corrected chi connectivity index (χ2v) is 8.28. The zero-order chi connectivity index (χ0) is 18.3. The van der Waals surface area contributed by atoms with Crippen LogP contribution in [0.25, 0.3) is 0 Å². The summed E-state index contributed by atoms with van der Waals surface area (Å²) < 4.78 is 17.7. The van der Waals surface area contributed by atoms with E-state index in [1.807, 2.05) is 18.2 Å². The number of nitrogens with zero attached hydrogens (tertiary/aromatic N) is 2. The molecule has 3 aliphatic rings. The number of benzene rings is 1. The minimum atomic E-state index is -0.504. The summed E-state index contributed by atoms with van der Waals surface area (Å²) in [4.78, 5) is 12.2. The molecule has 2 heterocycles. The van der Waals surface area contributed by atoms with E-state index in [2.05, 4.69) is 15.5 Å². The van der Waals surface area contributed by atoms with E-state index in [-0.39, 0.29) is 11.7 Å². The largest absolute Gasteiger partial charge is 0.448 e. The van der Waals surface area contributed by atoms with Gasteiger partial charge in [0.2, 0.25) is 11.8 Å². The van der Waals surface area contributed by atoms with Crippen molar-refractivity contribution in [3.05, 3.63) is 24.1 Å². The van der Waals surface area contributed by atoms with Crippen molar-refractivity contribution in [3.63, 3.8) is 0 Å². The smallest absolute Gasteiger partial charge is 0.277 e. The van der Waals surface area contributed by atoms with Crippen molar-refractivity contribution in [2.75, 3.05) is 11.1 Å². The Bertz CT molecular complexity index is 858. The molecular formula is C19H21N3O4S. The van der Waals surface area contributed by atoms with Crippen LogP contribution in [0.1, 0.15) is 56.8 Å². The number of ether oxygens (including phenoxy) is 2. The van der Waals surface area contributed by atoms with E-state index in [1.54, 1.807) is 0 Å². The minimum absolute atomic E-state index is 0.127. The Morgan fingerprint density at radius 3 is 2.78 bits per heavy atom. The van der Waals surface area contributed by atoms with Gasteiger partial charge in [0.25, 0.3) is 11.0 Å². The monoisotopic (exact) mass is 387 g/mol. The summed E-state index contributed by atoms with van der Waals surface area (Å²) in [6.07, 6.45) is 7.50. The Kier molecular flexibility index (Phi) is 4.22. The van der Waals surface area contributed by atoms with Crippen LogP contribution in [0.5, 0.6) is 11.5 Å². The molecule has 0 radical (unpaired) electrons. The molecular weight excluding hydrogens is 366 g/mol. The van der Waals surface area contributed by atoms with E-state index in [4.69, 9.17) is 13.9 Å². The molecule has 0 atom stereocenters. The van der Waals surface area contributed by atoms with Gasteiger partial charge in [0.15, 0.2) is 11.5 Å². The number of carbonyl (C=O) groups is 1. The lowest BCUT2D eigenvalue weighted by atomic mass is 9.94. The number of fused-ring (bicyclic) bond motifs is 1. The Balaban J connectivity index is 1.17. The number of hydrogen-bond acceptors (Lipinski definition) is 7. The van der Waals surface area contributed by atoms with E-state index in [0.29, 0.717) is 28.5 Å². The average molecular weight is 387 g/mol. The molecule has 2 aliphatic carbocycles. The first kappa shape index (κ1) is 16.9. The number of carbonyl (C=O) groups excluding carboxylic acids is 1. The van der Waals surface area contributed by atoms with Crippen molar-refractivity contribution in [1.29, 1.82) is 0 Å². The van der Waals surface area contributed by atoms with Gasteiger partial charge in [-0.2, -0.15) is 0 Å². The number of aromatic nitrogens is 2. The lowest BCUT2D eigenvalue weighted by Gasteiger charge is -2.31. The summed E-state index contributed by atoms with van der Waals surface area (Å²) in [6, 6.07) is 5.53. The van der Waals surface area contributed by atoms with Crippen molar-refractivity contribution < 1.29 is 18.7 Å². The van der Waals surface area contributed by atoms with Gasteiger partial charge in [-0.25, -0.2) is 0 Å². The van der Waals surface area contributed by atoms with Crippen molar-refractivity contribution in [2.45, 2.75) is 61.9 Å². The normalized spacial score (nSPS) is 20.0. The molecule has 5 rings (SSSR count). The Labute approximate surface area is 161 Å². The molecule has 7 nitrogen and oxygen atoms in total. The van der Waals surface area contributed by atoms with Crippen LogP contribution in [0.15, 0.2) is 27.8 Å². The van der Waals surface area contributed by atoms with Gasteiger partial charge in [-0.15, -0.1) is 10.2 Å². The topological polar surface area (TPSA) is 86.5 Å². The Morgan fingerprint density at radius 1 is 1.15 bits per heavy atom. The van der Waals surface area contributed by atoms with Crippen LogP contribution < -0.4 is 14.8 Å². The highest BCUT2D eigenvalue weighted by atomic mass is 32.2. The van der Waals surface area contributed by atoms with Crippen LogP contribution in [0.2, 0.25) is 0 Å². The number of nitrogens with one attached hydrogen (secondary N) is 1. The number of hydrogen-bond donors (Lipinski definition) is 1. The van der Waals surface area contributed by atoms with Crippen molar-refractivity contribution in [2.24, 2.45) is 0 Å². The fourth-order valence-corrected chi connectivity index (χ4v) is 4.13. The van der Waals surface area contributed by atoms with E-state index in [1.165, 1.54) is 18.2 Å². The summed E-state index contributed by atoms with van der Waals surface area (Å²) in [5, 5.41) is 11.3. The molecule has 0 unspecified atom stereocenters. The van der Waals surface area contributed by atoms with Crippen LogP contribution in [0.3, 0.4) is 0 Å². The predicted octanol–water partition coefficient (Wildman–Crippen LogP) is 4.11. The molecule has 2 saturated carbocycles. The van der Waals surface area contributed by atoms with Crippen LogP contribution >= 0.6 is 11.8 Å². The van der Waals surface area contributed by atoms with Gasteiger partial charge < -0.3 is 19.2 Å². The van der Waals surface area contributed by atoms with Crippen LogP contribution in [-0.4, -0.2) is 27.6 Å². The molecule has 2 fully saturated rings. The molecule has 1 aromatic heterocycles. The molecule has 1 aliphatic heterocycles. The molecule has 1 spiro atoms. The summed E-state index contributed by atoms with van der Waals surface area (Å²) in [5.41, 5.74) is 0.694. The lowest BCUT2D eigenvalue weighted by Crippen LogP contribution is -2.40. The molecule has 27 heavy (non-hydrogen) atoms. The molecule has 1 aromatic carbocycles. The number of amides is 1. The van der Waals surface area contributed by atoms with Crippen LogP contribution in [0.4, 0.5) is 5.69 Å². The molecule has 1 amide bonds. The van der Waals surface area contributed by atoms with Gasteiger partial charge in [-0.3, -0.25) is 4.79 Å². The van der Waals surface area contributed by atoms with Crippen LogP contribution in [-0.2, 0) is 4.79 Å². The summed E-state index contributed by atoms with van der Waals surface area (Å²) in [6.45, 7) is 0. The van der Waals surface area contributed by atoms with Gasteiger partial charge in [-0.05, 0) is 37.8 Å². The first-order valence-corrected chi connectivity index (χ1v) is 10.5. The molecule has 1 N–H and O–H groups in total. The van der Waals surface area contributed by atoms with Crippen molar-refractivity contribution >= 4 is 23.4 Å². The SMILES string of the molecule is O=C(CSc1nnc(C2CC2)o1)Nc1ccc2c(c1)OC1(CCCCC1)O2. The third-order valence-corrected chi connectivity index (χ3v) is 5.93. The quantitative estimate of drug-likeness (QED) is 0.773. The van der Waals surface area contributed by atoms with Gasteiger partial charge in [0.05, 0.1) is 5.75 Å². The summed E-state index contributed by atoms with van der Waals surface area (Å²) >= 11 is 1.25. The van der Waals surface area contributed by atoms with Gasteiger partial charge in [-0.1, -0.05) is 18.2 Å². The average Bonchev–Trinajstić information content (AvgIpc) is 3.31. The highest BCUT2D eigenvalue weighted by Crippen LogP contribution is 2.46. The fourth-order valence-electron chi connectivity index (χ4n) is 3.56. The zero-order valence-corrected chi connectivity index (χ0v) is 15.7. The van der Waals surface area contributed by atoms with E-state index < -0.39 is 5.79 Å². The molecule has 0 saturated heterocycles. The predicted molar refractivity (Wildman–Crippen MR) is 99.1 cm³/mol. The zero-order valence-electron chi connectivity index (χ0n) is 14.9. The standard InChI is InChI=1S/C19H21N3O4S/c23-16(11-27-18-22-21-17(24-18)12-4-5-12)20-13-6-7-14-15(10-13)26-19(25-14)8-2-1-3-9-19/h6-7,10,12H,1-5,8-9,11H2,(H,20,23). The lowest BCUT2D eigenvalue weighted by molar-refractivity contribution is -0.113. The molecule has 142 valence electrons. The van der Waals surface area contributed by atoms with E-state index in [0.717, 1.165) is 44.3 Å². The highest BCUT2D eigenvalue weighted by Gasteiger charge is 2.42. The fraction of sp³-hybridized carbons (Fsp3) is 0.526. The second kappa shape index (κ2) is 6.74. The van der Waals surface area contributed by atoms with Gasteiger partial charge in [0.1, 0.15) is 0 Å². The minimum Gasteiger partial charge on any atom is -0.448 e. The third kappa shape index (κ3) is 3.63. The summed E-state index contributed by atoms with van der Waals surface area (Å²) in [5.74, 6) is 2.14. The maximum absolute atomic E-state index is 12.2. The first-order chi connectivity index (χ1) is 13.2. The highest BCUT2D eigenvalue weighted by molar-refractivity contribution is 7.99. The van der Waals surface area contributed by atoms with E-state index in [9.17, 15) is 4.79 Å². The molecule has 8 heteroatoms. The van der Waals surface area contributed by atoms with Gasteiger partial charge in [0, 0.05) is 30.5 Å². The van der Waals surface area contributed by atoms with E-state index >= 15 is 0 Å². The third-order valence-electron chi connectivity index (χ3n) is 5.11. The maximum atomic E-state index is 12.2. The second-order valence-electron chi connectivity index (χ2n) is 7.35. The number of thioether (sulfide) groups is 1. The van der Waals surface area contributed by atoms with Crippen LogP contribution in [0, 0.1) is 0 Å². The number of rotatable bonds is 5. The molecule has 0 bridgehead atoms. The Morgan fingerprint density at radius 2 is 1.96 bits per heavy atom. The maximum Gasteiger partial charge on any atom is 0.277 e. The first-order valence-electron chi connectivity index (χ1n) is 9.47. The van der Waals surface area contributed by atoms with Crippen molar-refractivity contribution in [3.8, 4) is 11.5 Å². The number of anilines is 1. The summed E-state index contributed by atoms with van der Waals surface area (Å²) in [7, 11) is 0. The Hall–Kier alpha value is -2.22. The molecule has 2 aromatic rings. The van der Waals surface area contributed by atoms with Gasteiger partial charge >= 0.3 is 0 Å². The van der Waals surface area contributed by atoms with Crippen molar-refractivity contribution in [1.82, 2.24) is 10.2 Å².